The number of anilines is 1. The van der Waals surface area contributed by atoms with E-state index >= 15 is 0 Å². The van der Waals surface area contributed by atoms with Crippen molar-refractivity contribution >= 4 is 28.4 Å². The number of hydrogen-bond donors (Lipinski definition) is 3. The van der Waals surface area contributed by atoms with Gasteiger partial charge in [-0.15, -0.1) is 0 Å². The van der Waals surface area contributed by atoms with Gasteiger partial charge in [0.1, 0.15) is 5.75 Å². The van der Waals surface area contributed by atoms with E-state index < -0.39 is 0 Å². The predicted octanol–water partition coefficient (Wildman–Crippen LogP) is 2.80. The number of amides is 2. The van der Waals surface area contributed by atoms with Crippen molar-refractivity contribution in [3.63, 3.8) is 0 Å². The molecule has 0 atom stereocenters. The van der Waals surface area contributed by atoms with Crippen LogP contribution in [-0.4, -0.2) is 55.0 Å². The summed E-state index contributed by atoms with van der Waals surface area (Å²) in [7, 11) is 1.56. The van der Waals surface area contributed by atoms with Crippen molar-refractivity contribution < 1.29 is 14.3 Å². The third-order valence-corrected chi connectivity index (χ3v) is 4.95. The summed E-state index contributed by atoms with van der Waals surface area (Å²) < 4.78 is 5.25. The van der Waals surface area contributed by atoms with Crippen molar-refractivity contribution in [2.75, 3.05) is 38.6 Å². The fourth-order valence-electron chi connectivity index (χ4n) is 3.35. The highest BCUT2D eigenvalue weighted by molar-refractivity contribution is 5.94. The molecule has 7 nitrogen and oxygen atoms in total. The second kappa shape index (κ2) is 10.5. The number of nitrogens with zero attached hydrogens (tertiary/aromatic N) is 1. The van der Waals surface area contributed by atoms with E-state index in [-0.39, 0.29) is 24.9 Å². The van der Waals surface area contributed by atoms with E-state index in [2.05, 4.69) is 21.7 Å². The third-order valence-electron chi connectivity index (χ3n) is 4.95. The van der Waals surface area contributed by atoms with Gasteiger partial charge in [-0.3, -0.25) is 14.5 Å². The molecule has 0 aliphatic rings. The van der Waals surface area contributed by atoms with E-state index in [9.17, 15) is 9.59 Å². The van der Waals surface area contributed by atoms with Crippen molar-refractivity contribution in [1.29, 1.82) is 0 Å². The number of H-pyrrole nitrogens is 1. The molecule has 2 amide bonds. The number of aromatic nitrogens is 1. The molecule has 3 N–H and O–H groups in total. The van der Waals surface area contributed by atoms with E-state index in [1.807, 2.05) is 43.5 Å². The normalized spacial score (nSPS) is 10.9. The molecular weight excluding hydrogens is 380 g/mol. The Morgan fingerprint density at radius 1 is 1.03 bits per heavy atom. The number of para-hydroxylation sites is 3. The summed E-state index contributed by atoms with van der Waals surface area (Å²) in [5.74, 6) is 0.318. The monoisotopic (exact) mass is 408 g/mol. The van der Waals surface area contributed by atoms with E-state index in [4.69, 9.17) is 4.74 Å². The number of fused-ring (bicyclic) bond motifs is 1. The standard InChI is InChI=1S/C23H28N4O3/c1-3-27(16-23(29)26-20-10-6-7-11-21(20)30-2)15-22(28)24-13-12-17-14-25-19-9-5-4-8-18(17)19/h4-11,14,25H,3,12-13,15-16H2,1-2H3,(H,24,28)(H,26,29). The summed E-state index contributed by atoms with van der Waals surface area (Å²) in [6, 6.07) is 15.3. The maximum atomic E-state index is 12.4. The first kappa shape index (κ1) is 21.4. The lowest BCUT2D eigenvalue weighted by atomic mass is 10.1. The van der Waals surface area contributed by atoms with Gasteiger partial charge in [0.05, 0.1) is 25.9 Å². The molecule has 0 fully saturated rings. The Bertz CT molecular complexity index is 999. The van der Waals surface area contributed by atoms with Crippen LogP contribution in [0.15, 0.2) is 54.7 Å². The Hall–Kier alpha value is -3.32. The largest absolute Gasteiger partial charge is 0.495 e. The number of ether oxygens (including phenoxy) is 1. The van der Waals surface area contributed by atoms with Crippen LogP contribution in [0.4, 0.5) is 5.69 Å². The Morgan fingerprint density at radius 2 is 1.77 bits per heavy atom. The van der Waals surface area contributed by atoms with Crippen molar-refractivity contribution in [2.45, 2.75) is 13.3 Å². The van der Waals surface area contributed by atoms with Crippen LogP contribution in [0.2, 0.25) is 0 Å². The maximum absolute atomic E-state index is 12.4. The van der Waals surface area contributed by atoms with E-state index in [0.29, 0.717) is 24.5 Å². The minimum atomic E-state index is -0.187. The molecular formula is C23H28N4O3. The zero-order chi connectivity index (χ0) is 21.3. The van der Waals surface area contributed by atoms with Crippen molar-refractivity contribution in [3.8, 4) is 5.75 Å². The molecule has 0 aliphatic heterocycles. The topological polar surface area (TPSA) is 86.5 Å². The Morgan fingerprint density at radius 3 is 2.57 bits per heavy atom. The van der Waals surface area contributed by atoms with Gasteiger partial charge >= 0.3 is 0 Å². The maximum Gasteiger partial charge on any atom is 0.238 e. The number of likely N-dealkylation sites (N-methyl/N-ethyl adjacent to an activating group) is 1. The van der Waals surface area contributed by atoms with Gasteiger partial charge in [0, 0.05) is 23.6 Å². The van der Waals surface area contributed by atoms with Crippen LogP contribution in [0.25, 0.3) is 10.9 Å². The molecule has 3 rings (SSSR count). The van der Waals surface area contributed by atoms with E-state index in [1.54, 1.807) is 24.1 Å². The molecule has 30 heavy (non-hydrogen) atoms. The number of methoxy groups -OCH3 is 1. The fourth-order valence-corrected chi connectivity index (χ4v) is 3.35. The second-order valence-corrected chi connectivity index (χ2v) is 7.01. The zero-order valence-electron chi connectivity index (χ0n) is 17.4. The first-order valence-corrected chi connectivity index (χ1v) is 10.1. The number of carbonyl (C=O) groups is 2. The highest BCUT2D eigenvalue weighted by Gasteiger charge is 2.14. The van der Waals surface area contributed by atoms with Crippen molar-refractivity contribution in [3.05, 3.63) is 60.3 Å². The number of benzene rings is 2. The van der Waals surface area contributed by atoms with Gasteiger partial charge in [-0.1, -0.05) is 37.3 Å². The van der Waals surface area contributed by atoms with Gasteiger partial charge in [-0.25, -0.2) is 0 Å². The molecule has 0 saturated carbocycles. The van der Waals surface area contributed by atoms with Gasteiger partial charge in [0.25, 0.3) is 0 Å². The molecule has 0 bridgehead atoms. The molecule has 1 heterocycles. The van der Waals surface area contributed by atoms with Crippen LogP contribution in [0.1, 0.15) is 12.5 Å². The Balaban J connectivity index is 1.45. The zero-order valence-corrected chi connectivity index (χ0v) is 17.4. The molecule has 0 unspecified atom stereocenters. The lowest BCUT2D eigenvalue weighted by molar-refractivity contribution is -0.123. The van der Waals surface area contributed by atoms with Gasteiger partial charge in [0.15, 0.2) is 0 Å². The van der Waals surface area contributed by atoms with Gasteiger partial charge in [-0.2, -0.15) is 0 Å². The highest BCUT2D eigenvalue weighted by Crippen LogP contribution is 2.22. The SMILES string of the molecule is CCN(CC(=O)NCCc1c[nH]c2ccccc12)CC(=O)Nc1ccccc1OC. The summed E-state index contributed by atoms with van der Waals surface area (Å²) in [6.45, 7) is 3.37. The quantitative estimate of drug-likeness (QED) is 0.482. The van der Waals surface area contributed by atoms with E-state index in [0.717, 1.165) is 11.9 Å². The Kier molecular flexibility index (Phi) is 7.45. The van der Waals surface area contributed by atoms with Crippen molar-refractivity contribution in [1.82, 2.24) is 15.2 Å². The number of nitrogens with one attached hydrogen (secondary N) is 3. The van der Waals surface area contributed by atoms with Crippen LogP contribution in [0, 0.1) is 0 Å². The first-order valence-electron chi connectivity index (χ1n) is 10.1. The van der Waals surface area contributed by atoms with Crippen LogP contribution >= 0.6 is 0 Å². The van der Waals surface area contributed by atoms with Crippen LogP contribution < -0.4 is 15.4 Å². The minimum Gasteiger partial charge on any atom is -0.495 e. The lowest BCUT2D eigenvalue weighted by Gasteiger charge is -2.19. The van der Waals surface area contributed by atoms with Crippen LogP contribution in [0.3, 0.4) is 0 Å². The molecule has 0 radical (unpaired) electrons. The molecule has 1 aromatic heterocycles. The highest BCUT2D eigenvalue weighted by atomic mass is 16.5. The molecule has 158 valence electrons. The summed E-state index contributed by atoms with van der Waals surface area (Å²) in [5, 5.41) is 6.96. The minimum absolute atomic E-state index is 0.0956. The predicted molar refractivity (Wildman–Crippen MR) is 119 cm³/mol. The Labute approximate surface area is 176 Å². The van der Waals surface area contributed by atoms with Gasteiger partial charge in [0.2, 0.25) is 11.8 Å². The van der Waals surface area contributed by atoms with Crippen molar-refractivity contribution in [2.24, 2.45) is 0 Å². The number of carbonyl (C=O) groups excluding carboxylic acids is 2. The van der Waals surface area contributed by atoms with Gasteiger partial charge < -0.3 is 20.4 Å². The molecule has 0 spiro atoms. The van der Waals surface area contributed by atoms with Crippen LogP contribution in [0.5, 0.6) is 5.75 Å². The molecule has 2 aromatic carbocycles. The summed E-state index contributed by atoms with van der Waals surface area (Å²) in [4.78, 5) is 29.8. The summed E-state index contributed by atoms with van der Waals surface area (Å²) in [6.07, 6.45) is 2.73. The summed E-state index contributed by atoms with van der Waals surface area (Å²) >= 11 is 0. The summed E-state index contributed by atoms with van der Waals surface area (Å²) in [5.41, 5.74) is 2.88. The number of hydrogen-bond acceptors (Lipinski definition) is 4. The number of aromatic amines is 1. The lowest BCUT2D eigenvalue weighted by Crippen LogP contribution is -2.41. The van der Waals surface area contributed by atoms with E-state index in [1.165, 1.54) is 10.9 Å². The number of rotatable bonds is 10. The molecule has 3 aromatic rings. The third kappa shape index (κ3) is 5.61. The van der Waals surface area contributed by atoms with Crippen LogP contribution in [-0.2, 0) is 16.0 Å². The smallest absolute Gasteiger partial charge is 0.238 e. The average molecular weight is 409 g/mol. The molecule has 7 heteroatoms. The average Bonchev–Trinajstić information content (AvgIpc) is 3.17. The molecule has 0 aliphatic carbocycles. The fraction of sp³-hybridized carbons (Fsp3) is 0.304. The molecule has 0 saturated heterocycles. The second-order valence-electron chi connectivity index (χ2n) is 7.01. The first-order chi connectivity index (χ1) is 14.6. The van der Waals surface area contributed by atoms with Gasteiger partial charge in [-0.05, 0) is 36.7 Å².